The fourth-order valence-electron chi connectivity index (χ4n) is 3.01. The van der Waals surface area contributed by atoms with E-state index in [2.05, 4.69) is 26.3 Å². The molecule has 0 radical (unpaired) electrons. The van der Waals surface area contributed by atoms with Gasteiger partial charge in [0.2, 0.25) is 0 Å². The number of nitrogens with zero attached hydrogens (tertiary/aromatic N) is 3. The van der Waals surface area contributed by atoms with E-state index in [-0.39, 0.29) is 0 Å². The lowest BCUT2D eigenvalue weighted by atomic mass is 10.1. The lowest BCUT2D eigenvalue weighted by Crippen LogP contribution is -2.40. The molecule has 2 fully saturated rings. The molecule has 5 nitrogen and oxygen atoms in total. The van der Waals surface area contributed by atoms with Gasteiger partial charge < -0.3 is 16.0 Å². The summed E-state index contributed by atoms with van der Waals surface area (Å²) in [5, 5.41) is 3.53. The molecule has 0 amide bonds. The van der Waals surface area contributed by atoms with Crippen LogP contribution in [0.1, 0.15) is 38.5 Å². The summed E-state index contributed by atoms with van der Waals surface area (Å²) in [6.07, 6.45) is 8.96. The second-order valence-corrected chi connectivity index (χ2v) is 5.71. The van der Waals surface area contributed by atoms with E-state index in [1.807, 2.05) is 0 Å². The first-order chi connectivity index (χ1) is 9.31. The molecule has 1 saturated carbocycles. The van der Waals surface area contributed by atoms with Crippen molar-refractivity contribution in [1.82, 2.24) is 9.97 Å². The number of hydrogen-bond acceptors (Lipinski definition) is 5. The molecule has 2 heterocycles. The molecule has 1 aliphatic heterocycles. The lowest BCUT2D eigenvalue weighted by Gasteiger charge is -2.31. The molecule has 5 heteroatoms. The van der Waals surface area contributed by atoms with Gasteiger partial charge >= 0.3 is 0 Å². The Balaban J connectivity index is 1.65. The van der Waals surface area contributed by atoms with E-state index in [1.54, 1.807) is 6.33 Å². The molecule has 3 rings (SSSR count). The fraction of sp³-hybridized carbons (Fsp3) is 0.714. The molecule has 1 saturated heterocycles. The van der Waals surface area contributed by atoms with E-state index in [1.165, 1.54) is 25.7 Å². The smallest absolute Gasteiger partial charge is 0.134 e. The number of nitrogens with two attached hydrogens (primary N) is 1. The molecule has 0 aromatic carbocycles. The number of piperidine rings is 1. The van der Waals surface area contributed by atoms with E-state index in [9.17, 15) is 0 Å². The average Bonchev–Trinajstić information content (AvgIpc) is 2.93. The van der Waals surface area contributed by atoms with E-state index in [0.29, 0.717) is 12.1 Å². The van der Waals surface area contributed by atoms with Crippen LogP contribution in [-0.2, 0) is 0 Å². The molecule has 19 heavy (non-hydrogen) atoms. The third-order valence-electron chi connectivity index (χ3n) is 4.22. The largest absolute Gasteiger partial charge is 0.367 e. The Labute approximate surface area is 114 Å². The zero-order chi connectivity index (χ0) is 13.1. The molecule has 1 aliphatic carbocycles. The summed E-state index contributed by atoms with van der Waals surface area (Å²) in [6.45, 7) is 2.00. The van der Waals surface area contributed by atoms with Crippen LogP contribution in [0.25, 0.3) is 0 Å². The maximum absolute atomic E-state index is 5.94. The first-order valence-corrected chi connectivity index (χ1v) is 7.40. The summed E-state index contributed by atoms with van der Waals surface area (Å²) in [5.41, 5.74) is 5.94. The third kappa shape index (κ3) is 3.15. The molecule has 3 N–H and O–H groups in total. The van der Waals surface area contributed by atoms with Crippen molar-refractivity contribution in [3.63, 3.8) is 0 Å². The Morgan fingerprint density at radius 3 is 2.58 bits per heavy atom. The lowest BCUT2D eigenvalue weighted by molar-refractivity contribution is 0.498. The number of nitrogens with one attached hydrogen (secondary N) is 1. The van der Waals surface area contributed by atoms with Crippen LogP contribution in [0.5, 0.6) is 0 Å². The Bertz CT molecular complexity index is 408. The summed E-state index contributed by atoms with van der Waals surface area (Å²) >= 11 is 0. The van der Waals surface area contributed by atoms with Gasteiger partial charge in [0.1, 0.15) is 18.0 Å². The van der Waals surface area contributed by atoms with Gasteiger partial charge in [0.15, 0.2) is 0 Å². The maximum Gasteiger partial charge on any atom is 0.134 e. The minimum absolute atomic E-state index is 0.356. The van der Waals surface area contributed by atoms with Crippen molar-refractivity contribution >= 4 is 11.6 Å². The number of anilines is 2. The third-order valence-corrected chi connectivity index (χ3v) is 4.22. The van der Waals surface area contributed by atoms with Crippen molar-refractivity contribution in [1.29, 1.82) is 0 Å². The van der Waals surface area contributed by atoms with Crippen molar-refractivity contribution in [3.05, 3.63) is 12.4 Å². The molecule has 104 valence electrons. The van der Waals surface area contributed by atoms with Crippen molar-refractivity contribution in [2.75, 3.05) is 23.3 Å². The van der Waals surface area contributed by atoms with Crippen molar-refractivity contribution < 1.29 is 0 Å². The second kappa shape index (κ2) is 5.74. The monoisotopic (exact) mass is 261 g/mol. The Kier molecular flexibility index (Phi) is 3.82. The molecule has 1 aromatic heterocycles. The highest BCUT2D eigenvalue weighted by molar-refractivity contribution is 5.49. The Hall–Kier alpha value is -1.36. The van der Waals surface area contributed by atoms with E-state index in [4.69, 9.17) is 5.73 Å². The van der Waals surface area contributed by atoms with Crippen LogP contribution in [0, 0.1) is 0 Å². The predicted octanol–water partition coefficient (Wildman–Crippen LogP) is 1.76. The van der Waals surface area contributed by atoms with Gasteiger partial charge in [-0.15, -0.1) is 0 Å². The van der Waals surface area contributed by atoms with Gasteiger partial charge in [-0.3, -0.25) is 0 Å². The summed E-state index contributed by atoms with van der Waals surface area (Å²) in [5.74, 6) is 1.99. The molecule has 2 aliphatic rings. The van der Waals surface area contributed by atoms with Gasteiger partial charge in [0.25, 0.3) is 0 Å². The molecular weight excluding hydrogens is 238 g/mol. The Morgan fingerprint density at radius 2 is 1.84 bits per heavy atom. The van der Waals surface area contributed by atoms with Gasteiger partial charge in [0.05, 0.1) is 0 Å². The summed E-state index contributed by atoms with van der Waals surface area (Å²) in [4.78, 5) is 11.0. The highest BCUT2D eigenvalue weighted by atomic mass is 15.2. The number of rotatable bonds is 3. The highest BCUT2D eigenvalue weighted by Gasteiger charge is 2.19. The average molecular weight is 261 g/mol. The zero-order valence-corrected chi connectivity index (χ0v) is 11.4. The van der Waals surface area contributed by atoms with Crippen LogP contribution in [0.4, 0.5) is 11.6 Å². The minimum Gasteiger partial charge on any atom is -0.367 e. The summed E-state index contributed by atoms with van der Waals surface area (Å²) in [6, 6.07) is 3.03. The van der Waals surface area contributed by atoms with E-state index >= 15 is 0 Å². The topological polar surface area (TPSA) is 67.1 Å². The fourth-order valence-corrected chi connectivity index (χ4v) is 3.01. The molecular formula is C14H23N5. The highest BCUT2D eigenvalue weighted by Crippen LogP contribution is 2.23. The maximum atomic E-state index is 5.94. The summed E-state index contributed by atoms with van der Waals surface area (Å²) in [7, 11) is 0. The van der Waals surface area contributed by atoms with Crippen LogP contribution >= 0.6 is 0 Å². The van der Waals surface area contributed by atoms with Gasteiger partial charge in [0, 0.05) is 31.2 Å². The molecule has 0 bridgehead atoms. The quantitative estimate of drug-likeness (QED) is 0.868. The number of aromatic nitrogens is 2. The minimum atomic E-state index is 0.356. The normalized spacial score (nSPS) is 21.8. The first kappa shape index (κ1) is 12.7. The standard InChI is InChI=1S/C14H23N5/c15-11-5-7-19(8-6-11)14-9-13(16-10-17-14)18-12-3-1-2-4-12/h9-12H,1-8,15H2,(H,16,17,18). The van der Waals surface area contributed by atoms with Gasteiger partial charge in [-0.25, -0.2) is 9.97 Å². The van der Waals surface area contributed by atoms with Crippen molar-refractivity contribution in [2.45, 2.75) is 50.6 Å². The van der Waals surface area contributed by atoms with Gasteiger partial charge in [-0.2, -0.15) is 0 Å². The molecule has 0 atom stereocenters. The molecule has 0 spiro atoms. The Morgan fingerprint density at radius 1 is 1.11 bits per heavy atom. The van der Waals surface area contributed by atoms with Crippen LogP contribution < -0.4 is 16.0 Å². The summed E-state index contributed by atoms with van der Waals surface area (Å²) < 4.78 is 0. The van der Waals surface area contributed by atoms with Crippen molar-refractivity contribution in [2.24, 2.45) is 5.73 Å². The van der Waals surface area contributed by atoms with Gasteiger partial charge in [-0.1, -0.05) is 12.8 Å². The second-order valence-electron chi connectivity index (χ2n) is 5.71. The van der Waals surface area contributed by atoms with Crippen LogP contribution in [0.15, 0.2) is 12.4 Å². The first-order valence-electron chi connectivity index (χ1n) is 7.40. The van der Waals surface area contributed by atoms with Crippen LogP contribution in [0.2, 0.25) is 0 Å². The van der Waals surface area contributed by atoms with E-state index < -0.39 is 0 Å². The van der Waals surface area contributed by atoms with Gasteiger partial charge in [-0.05, 0) is 25.7 Å². The predicted molar refractivity (Wildman–Crippen MR) is 77.3 cm³/mol. The zero-order valence-electron chi connectivity index (χ0n) is 11.4. The van der Waals surface area contributed by atoms with E-state index in [0.717, 1.165) is 37.6 Å². The molecule has 0 unspecified atom stereocenters. The van der Waals surface area contributed by atoms with Crippen molar-refractivity contribution in [3.8, 4) is 0 Å². The SMILES string of the molecule is NC1CCN(c2cc(NC3CCCC3)ncn2)CC1. The van der Waals surface area contributed by atoms with Crippen LogP contribution in [0.3, 0.4) is 0 Å². The number of hydrogen-bond donors (Lipinski definition) is 2. The molecule has 1 aromatic rings. The van der Waals surface area contributed by atoms with Crippen LogP contribution in [-0.4, -0.2) is 35.1 Å².